The van der Waals surface area contributed by atoms with Gasteiger partial charge in [0.15, 0.2) is 16.6 Å². The number of aryl methyl sites for hydroxylation is 2. The Balaban J connectivity index is 1.73. The quantitative estimate of drug-likeness (QED) is 0.776. The first-order chi connectivity index (χ1) is 11.2. The fraction of sp³-hybridized carbons (Fsp3) is 0.200. The summed E-state index contributed by atoms with van der Waals surface area (Å²) >= 11 is 1.40. The van der Waals surface area contributed by atoms with E-state index in [1.54, 1.807) is 35.3 Å². The molecule has 3 aromatic rings. The summed E-state index contributed by atoms with van der Waals surface area (Å²) in [7, 11) is 0. The van der Waals surface area contributed by atoms with Crippen molar-refractivity contribution in [2.24, 2.45) is 0 Å². The molecule has 0 aromatic carbocycles. The van der Waals surface area contributed by atoms with Crippen LogP contribution in [0.2, 0.25) is 0 Å². The van der Waals surface area contributed by atoms with E-state index in [0.717, 1.165) is 4.88 Å². The molecule has 0 aliphatic rings. The Kier molecular flexibility index (Phi) is 4.21. The lowest BCUT2D eigenvalue weighted by molar-refractivity contribution is 0.102. The standard InChI is InChI=1S/C15H13N5O2S/c1-10-13(18-15(23-10)11-4-2-9-22-11)14(21)17-12-5-8-20(19-12)7-3-6-16/h2,4-5,8-9H,3,7H2,1H3,(H,17,19,21). The molecule has 0 saturated carbocycles. The van der Waals surface area contributed by atoms with Gasteiger partial charge in [-0.2, -0.15) is 10.4 Å². The molecule has 0 atom stereocenters. The number of thiazole rings is 1. The second-order valence-corrected chi connectivity index (χ2v) is 5.93. The van der Waals surface area contributed by atoms with Crippen molar-refractivity contribution in [2.75, 3.05) is 5.32 Å². The van der Waals surface area contributed by atoms with Crippen molar-refractivity contribution in [3.05, 3.63) is 41.2 Å². The van der Waals surface area contributed by atoms with Gasteiger partial charge >= 0.3 is 0 Å². The topological polar surface area (TPSA) is 96.7 Å². The average Bonchev–Trinajstić information content (AvgIpc) is 3.25. The zero-order valence-electron chi connectivity index (χ0n) is 12.3. The van der Waals surface area contributed by atoms with Crippen molar-refractivity contribution in [3.8, 4) is 16.8 Å². The first-order valence-electron chi connectivity index (χ1n) is 6.90. The molecular formula is C15H13N5O2S. The van der Waals surface area contributed by atoms with Gasteiger partial charge in [0.2, 0.25) is 0 Å². The van der Waals surface area contributed by atoms with E-state index in [1.807, 2.05) is 13.0 Å². The molecule has 23 heavy (non-hydrogen) atoms. The largest absolute Gasteiger partial charge is 0.462 e. The molecule has 7 nitrogen and oxygen atoms in total. The normalized spacial score (nSPS) is 10.4. The van der Waals surface area contributed by atoms with E-state index in [2.05, 4.69) is 15.4 Å². The fourth-order valence-electron chi connectivity index (χ4n) is 2.01. The maximum absolute atomic E-state index is 12.3. The number of carbonyl (C=O) groups is 1. The van der Waals surface area contributed by atoms with Crippen molar-refractivity contribution < 1.29 is 9.21 Å². The lowest BCUT2D eigenvalue weighted by atomic mass is 10.3. The van der Waals surface area contributed by atoms with Crippen LogP contribution in [0.15, 0.2) is 35.1 Å². The molecule has 0 aliphatic heterocycles. The molecule has 0 radical (unpaired) electrons. The number of nitrogens with one attached hydrogen (secondary N) is 1. The highest BCUT2D eigenvalue weighted by molar-refractivity contribution is 7.15. The van der Waals surface area contributed by atoms with E-state index in [4.69, 9.17) is 9.68 Å². The van der Waals surface area contributed by atoms with E-state index in [9.17, 15) is 4.79 Å². The number of nitrogens with zero attached hydrogens (tertiary/aromatic N) is 4. The highest BCUT2D eigenvalue weighted by atomic mass is 32.1. The van der Waals surface area contributed by atoms with Gasteiger partial charge in [-0.15, -0.1) is 11.3 Å². The molecular weight excluding hydrogens is 314 g/mol. The molecule has 0 bridgehead atoms. The molecule has 0 aliphatic carbocycles. The number of anilines is 1. The van der Waals surface area contributed by atoms with Gasteiger partial charge in [-0.1, -0.05) is 0 Å². The lowest BCUT2D eigenvalue weighted by Gasteiger charge is -2.00. The van der Waals surface area contributed by atoms with Gasteiger partial charge < -0.3 is 9.73 Å². The van der Waals surface area contributed by atoms with Crippen LogP contribution >= 0.6 is 11.3 Å². The predicted octanol–water partition coefficient (Wildman–Crippen LogP) is 3.07. The molecule has 3 rings (SSSR count). The first-order valence-corrected chi connectivity index (χ1v) is 7.72. The molecule has 116 valence electrons. The van der Waals surface area contributed by atoms with Gasteiger partial charge in [0.25, 0.3) is 5.91 Å². The fourth-order valence-corrected chi connectivity index (χ4v) is 2.88. The van der Waals surface area contributed by atoms with Crippen LogP contribution in [0.5, 0.6) is 0 Å². The van der Waals surface area contributed by atoms with Crippen LogP contribution in [0.4, 0.5) is 5.82 Å². The maximum atomic E-state index is 12.3. The average molecular weight is 327 g/mol. The van der Waals surface area contributed by atoms with Gasteiger partial charge in [0.1, 0.15) is 5.69 Å². The van der Waals surface area contributed by atoms with Gasteiger partial charge in [-0.05, 0) is 19.1 Å². The Morgan fingerprint density at radius 3 is 3.13 bits per heavy atom. The summed E-state index contributed by atoms with van der Waals surface area (Å²) in [5.74, 6) is 0.750. The molecule has 0 fully saturated rings. The lowest BCUT2D eigenvalue weighted by Crippen LogP contribution is -2.14. The highest BCUT2D eigenvalue weighted by Gasteiger charge is 2.18. The molecule has 3 aromatic heterocycles. The number of rotatable bonds is 5. The number of hydrogen-bond donors (Lipinski definition) is 1. The molecule has 0 saturated heterocycles. The van der Waals surface area contributed by atoms with E-state index >= 15 is 0 Å². The highest BCUT2D eigenvalue weighted by Crippen LogP contribution is 2.28. The summed E-state index contributed by atoms with van der Waals surface area (Å²) < 4.78 is 6.91. The van der Waals surface area contributed by atoms with Crippen LogP contribution in [0.1, 0.15) is 21.8 Å². The van der Waals surface area contributed by atoms with Gasteiger partial charge in [0.05, 0.1) is 25.3 Å². The number of nitriles is 1. The molecule has 1 amide bonds. The monoisotopic (exact) mass is 327 g/mol. The SMILES string of the molecule is Cc1sc(-c2ccco2)nc1C(=O)Nc1ccn(CCC#N)n1. The summed E-state index contributed by atoms with van der Waals surface area (Å²) in [4.78, 5) is 17.5. The Morgan fingerprint density at radius 1 is 1.52 bits per heavy atom. The number of amides is 1. The third-order valence-corrected chi connectivity index (χ3v) is 4.06. The van der Waals surface area contributed by atoms with Crippen LogP contribution < -0.4 is 5.32 Å². The zero-order chi connectivity index (χ0) is 16.2. The smallest absolute Gasteiger partial charge is 0.276 e. The Hall–Kier alpha value is -2.92. The van der Waals surface area contributed by atoms with Crippen LogP contribution in [-0.2, 0) is 6.54 Å². The third-order valence-electron chi connectivity index (χ3n) is 3.08. The van der Waals surface area contributed by atoms with E-state index in [1.165, 1.54) is 11.3 Å². The summed E-state index contributed by atoms with van der Waals surface area (Å²) in [6.45, 7) is 2.33. The molecule has 8 heteroatoms. The van der Waals surface area contributed by atoms with Crippen molar-refractivity contribution >= 4 is 23.1 Å². The van der Waals surface area contributed by atoms with Gasteiger partial charge in [0, 0.05) is 17.1 Å². The molecule has 3 heterocycles. The predicted molar refractivity (Wildman–Crippen MR) is 85.0 cm³/mol. The maximum Gasteiger partial charge on any atom is 0.276 e. The van der Waals surface area contributed by atoms with Crippen LogP contribution in [-0.4, -0.2) is 20.7 Å². The third kappa shape index (κ3) is 3.30. The summed E-state index contributed by atoms with van der Waals surface area (Å²) in [5, 5.41) is 16.1. The van der Waals surface area contributed by atoms with E-state index in [-0.39, 0.29) is 5.91 Å². The van der Waals surface area contributed by atoms with Crippen molar-refractivity contribution in [3.63, 3.8) is 0 Å². The first kappa shape index (κ1) is 15.0. The minimum absolute atomic E-state index is 0.318. The van der Waals surface area contributed by atoms with Crippen molar-refractivity contribution in [2.45, 2.75) is 19.9 Å². The molecule has 0 spiro atoms. The summed E-state index contributed by atoms with van der Waals surface area (Å²) in [6, 6.07) is 7.31. The number of carbonyl (C=O) groups excluding carboxylic acids is 1. The zero-order valence-corrected chi connectivity index (χ0v) is 13.1. The van der Waals surface area contributed by atoms with Crippen molar-refractivity contribution in [1.29, 1.82) is 5.26 Å². The van der Waals surface area contributed by atoms with Crippen LogP contribution in [0.3, 0.4) is 0 Å². The molecule has 0 unspecified atom stereocenters. The number of furan rings is 1. The Morgan fingerprint density at radius 2 is 2.39 bits per heavy atom. The summed E-state index contributed by atoms with van der Waals surface area (Å²) in [6.07, 6.45) is 3.65. The summed E-state index contributed by atoms with van der Waals surface area (Å²) in [5.41, 5.74) is 0.355. The van der Waals surface area contributed by atoms with Gasteiger partial charge in [-0.25, -0.2) is 4.98 Å². The van der Waals surface area contributed by atoms with Crippen molar-refractivity contribution in [1.82, 2.24) is 14.8 Å². The van der Waals surface area contributed by atoms with E-state index < -0.39 is 0 Å². The van der Waals surface area contributed by atoms with E-state index in [0.29, 0.717) is 35.2 Å². The number of hydrogen-bond acceptors (Lipinski definition) is 6. The minimum Gasteiger partial charge on any atom is -0.462 e. The van der Waals surface area contributed by atoms with Crippen LogP contribution in [0, 0.1) is 18.3 Å². The second kappa shape index (κ2) is 6.46. The minimum atomic E-state index is -0.318. The second-order valence-electron chi connectivity index (χ2n) is 4.73. The Labute approximate surface area is 136 Å². The molecule has 1 N–H and O–H groups in total. The van der Waals surface area contributed by atoms with Gasteiger partial charge in [-0.3, -0.25) is 9.48 Å². The Bertz CT molecular complexity index is 857. The van der Waals surface area contributed by atoms with Crippen LogP contribution in [0.25, 0.3) is 10.8 Å². The number of aromatic nitrogens is 3.